The Bertz CT molecular complexity index is 506. The van der Waals surface area contributed by atoms with Crippen LogP contribution in [0.5, 0.6) is 0 Å². The standard InChI is InChI=1S/C18H29N3O3/c22-14-18(8-2-3-9-18)20-17(23)19-13-15(16-7-6-12-24-16)21-10-4-1-5-11-21/h6-7,12,15,22H,1-5,8-11,13-14H2,(H2,19,20,23). The lowest BCUT2D eigenvalue weighted by molar-refractivity contribution is 0.139. The van der Waals surface area contributed by atoms with Crippen molar-refractivity contribution in [1.82, 2.24) is 15.5 Å². The Morgan fingerprint density at radius 2 is 2.00 bits per heavy atom. The van der Waals surface area contributed by atoms with E-state index in [1.807, 2.05) is 12.1 Å². The Balaban J connectivity index is 1.57. The van der Waals surface area contributed by atoms with E-state index >= 15 is 0 Å². The zero-order valence-electron chi connectivity index (χ0n) is 14.3. The van der Waals surface area contributed by atoms with Crippen molar-refractivity contribution >= 4 is 6.03 Å². The number of aliphatic hydroxyl groups is 1. The molecule has 0 aromatic carbocycles. The number of furan rings is 1. The summed E-state index contributed by atoms with van der Waals surface area (Å²) < 4.78 is 5.60. The average molecular weight is 335 g/mol. The third-order valence-electron chi connectivity index (χ3n) is 5.40. The van der Waals surface area contributed by atoms with Gasteiger partial charge in [0, 0.05) is 6.54 Å². The number of aliphatic hydroxyl groups excluding tert-OH is 1. The van der Waals surface area contributed by atoms with Crippen LogP contribution in [0.3, 0.4) is 0 Å². The summed E-state index contributed by atoms with van der Waals surface area (Å²) in [5.74, 6) is 0.898. The first-order chi connectivity index (χ1) is 11.7. The van der Waals surface area contributed by atoms with Crippen LogP contribution >= 0.6 is 0 Å². The Hall–Kier alpha value is -1.53. The molecule has 3 rings (SSSR count). The van der Waals surface area contributed by atoms with Gasteiger partial charge >= 0.3 is 6.03 Å². The Morgan fingerprint density at radius 1 is 1.25 bits per heavy atom. The van der Waals surface area contributed by atoms with Crippen molar-refractivity contribution in [2.24, 2.45) is 0 Å². The van der Waals surface area contributed by atoms with Gasteiger partial charge in [-0.2, -0.15) is 0 Å². The molecule has 1 saturated heterocycles. The van der Waals surface area contributed by atoms with Gasteiger partial charge in [-0.1, -0.05) is 19.3 Å². The van der Waals surface area contributed by atoms with Crippen LogP contribution in [0.15, 0.2) is 22.8 Å². The molecule has 1 aliphatic heterocycles. The predicted octanol–water partition coefficient (Wildman–Crippen LogP) is 2.41. The van der Waals surface area contributed by atoms with Crippen molar-refractivity contribution in [2.75, 3.05) is 26.2 Å². The lowest BCUT2D eigenvalue weighted by atomic mass is 9.99. The molecule has 1 aromatic heterocycles. The highest BCUT2D eigenvalue weighted by atomic mass is 16.3. The zero-order valence-corrected chi connectivity index (χ0v) is 14.3. The number of carbonyl (C=O) groups is 1. The van der Waals surface area contributed by atoms with Crippen molar-refractivity contribution in [3.05, 3.63) is 24.2 Å². The third-order valence-corrected chi connectivity index (χ3v) is 5.40. The molecule has 1 aliphatic carbocycles. The second kappa shape index (κ2) is 8.03. The van der Waals surface area contributed by atoms with Crippen molar-refractivity contribution in [3.8, 4) is 0 Å². The fourth-order valence-corrected chi connectivity index (χ4v) is 3.97. The number of rotatable bonds is 6. The molecule has 3 N–H and O–H groups in total. The normalized spacial score (nSPS) is 22.2. The summed E-state index contributed by atoms with van der Waals surface area (Å²) in [6, 6.07) is 3.75. The van der Waals surface area contributed by atoms with Crippen LogP contribution in [0.25, 0.3) is 0 Å². The number of carbonyl (C=O) groups excluding carboxylic acids is 1. The minimum atomic E-state index is -0.435. The number of hydrogen-bond donors (Lipinski definition) is 3. The molecule has 1 saturated carbocycles. The Labute approximate surface area is 143 Å². The van der Waals surface area contributed by atoms with Crippen LogP contribution in [-0.2, 0) is 0 Å². The summed E-state index contributed by atoms with van der Waals surface area (Å²) in [6.07, 6.45) is 9.16. The average Bonchev–Trinajstić information content (AvgIpc) is 3.29. The summed E-state index contributed by atoms with van der Waals surface area (Å²) in [7, 11) is 0. The van der Waals surface area contributed by atoms with Crippen molar-refractivity contribution in [1.29, 1.82) is 0 Å². The summed E-state index contributed by atoms with van der Waals surface area (Å²) in [4.78, 5) is 14.7. The second-order valence-electron chi connectivity index (χ2n) is 7.11. The molecular formula is C18H29N3O3. The van der Waals surface area contributed by atoms with E-state index in [1.54, 1.807) is 6.26 Å². The van der Waals surface area contributed by atoms with Gasteiger partial charge in [0.15, 0.2) is 0 Å². The molecule has 1 aromatic rings. The van der Waals surface area contributed by atoms with Gasteiger partial charge in [-0.25, -0.2) is 4.79 Å². The highest BCUT2D eigenvalue weighted by Crippen LogP contribution is 2.29. The number of amides is 2. The Morgan fingerprint density at radius 3 is 2.62 bits per heavy atom. The second-order valence-corrected chi connectivity index (χ2v) is 7.11. The Kier molecular flexibility index (Phi) is 5.79. The monoisotopic (exact) mass is 335 g/mol. The van der Waals surface area contributed by atoms with Crippen molar-refractivity contribution < 1.29 is 14.3 Å². The minimum Gasteiger partial charge on any atom is -0.468 e. The molecular weight excluding hydrogens is 306 g/mol. The summed E-state index contributed by atoms with van der Waals surface area (Å²) in [5, 5.41) is 15.6. The topological polar surface area (TPSA) is 77.7 Å². The first-order valence-corrected chi connectivity index (χ1v) is 9.17. The van der Waals surface area contributed by atoms with Crippen LogP contribution in [0.1, 0.15) is 56.7 Å². The quantitative estimate of drug-likeness (QED) is 0.746. The van der Waals surface area contributed by atoms with Crippen LogP contribution < -0.4 is 10.6 Å². The van der Waals surface area contributed by atoms with Crippen molar-refractivity contribution in [3.63, 3.8) is 0 Å². The predicted molar refractivity (Wildman–Crippen MR) is 91.7 cm³/mol. The molecule has 6 heteroatoms. The molecule has 2 amide bonds. The van der Waals surface area contributed by atoms with Gasteiger partial charge in [0.25, 0.3) is 0 Å². The van der Waals surface area contributed by atoms with Gasteiger partial charge in [0.1, 0.15) is 5.76 Å². The molecule has 134 valence electrons. The molecule has 0 spiro atoms. The fourth-order valence-electron chi connectivity index (χ4n) is 3.97. The number of urea groups is 1. The van der Waals surface area contributed by atoms with Gasteiger partial charge in [0.05, 0.1) is 24.5 Å². The van der Waals surface area contributed by atoms with Gasteiger partial charge < -0.3 is 20.2 Å². The summed E-state index contributed by atoms with van der Waals surface area (Å²) in [6.45, 7) is 2.60. The molecule has 1 unspecified atom stereocenters. The molecule has 2 aliphatic rings. The maximum Gasteiger partial charge on any atom is 0.315 e. The van der Waals surface area contributed by atoms with E-state index in [2.05, 4.69) is 15.5 Å². The molecule has 2 fully saturated rings. The van der Waals surface area contributed by atoms with Gasteiger partial charge in [0.2, 0.25) is 0 Å². The highest BCUT2D eigenvalue weighted by molar-refractivity contribution is 5.75. The van der Waals surface area contributed by atoms with E-state index in [0.717, 1.165) is 44.5 Å². The van der Waals surface area contributed by atoms with Crippen LogP contribution in [-0.4, -0.2) is 47.8 Å². The van der Waals surface area contributed by atoms with E-state index in [4.69, 9.17) is 4.42 Å². The number of nitrogens with zero attached hydrogens (tertiary/aromatic N) is 1. The van der Waals surface area contributed by atoms with Gasteiger partial charge in [-0.05, 0) is 50.9 Å². The maximum atomic E-state index is 12.3. The van der Waals surface area contributed by atoms with E-state index in [-0.39, 0.29) is 18.7 Å². The highest BCUT2D eigenvalue weighted by Gasteiger charge is 2.35. The fraction of sp³-hybridized carbons (Fsp3) is 0.722. The minimum absolute atomic E-state index is 0.00809. The van der Waals surface area contributed by atoms with Crippen molar-refractivity contribution in [2.45, 2.75) is 56.5 Å². The molecule has 24 heavy (non-hydrogen) atoms. The molecule has 1 atom stereocenters. The van der Waals surface area contributed by atoms with Crippen LogP contribution in [0, 0.1) is 0 Å². The van der Waals surface area contributed by atoms with Crippen LogP contribution in [0.2, 0.25) is 0 Å². The first-order valence-electron chi connectivity index (χ1n) is 9.17. The largest absolute Gasteiger partial charge is 0.468 e. The van der Waals surface area contributed by atoms with Crippen LogP contribution in [0.4, 0.5) is 4.79 Å². The van der Waals surface area contributed by atoms with E-state index in [0.29, 0.717) is 6.54 Å². The number of nitrogens with one attached hydrogen (secondary N) is 2. The van der Waals surface area contributed by atoms with Gasteiger partial charge in [-0.15, -0.1) is 0 Å². The third kappa shape index (κ3) is 4.11. The van der Waals surface area contributed by atoms with E-state index in [1.165, 1.54) is 19.3 Å². The lowest BCUT2D eigenvalue weighted by Gasteiger charge is -2.34. The number of hydrogen-bond acceptors (Lipinski definition) is 4. The molecule has 6 nitrogen and oxygen atoms in total. The SMILES string of the molecule is O=C(NCC(c1ccco1)N1CCCCC1)NC1(CO)CCCC1. The molecule has 0 radical (unpaired) electrons. The molecule has 0 bridgehead atoms. The summed E-state index contributed by atoms with van der Waals surface area (Å²) >= 11 is 0. The molecule has 2 heterocycles. The smallest absolute Gasteiger partial charge is 0.315 e. The number of likely N-dealkylation sites (tertiary alicyclic amines) is 1. The van der Waals surface area contributed by atoms with Gasteiger partial charge in [-0.3, -0.25) is 4.90 Å². The van der Waals surface area contributed by atoms with E-state index in [9.17, 15) is 9.90 Å². The zero-order chi connectivity index (χ0) is 16.8. The maximum absolute atomic E-state index is 12.3. The number of piperidine rings is 1. The summed E-state index contributed by atoms with van der Waals surface area (Å²) in [5.41, 5.74) is -0.435. The lowest BCUT2D eigenvalue weighted by Crippen LogP contribution is -2.54. The van der Waals surface area contributed by atoms with E-state index < -0.39 is 5.54 Å². The first kappa shape index (κ1) is 17.3.